The summed E-state index contributed by atoms with van der Waals surface area (Å²) in [4.78, 5) is 28.3. The van der Waals surface area contributed by atoms with Gasteiger partial charge in [-0.1, -0.05) is 6.92 Å². The molecule has 1 fully saturated rings. The molecule has 0 spiro atoms. The van der Waals surface area contributed by atoms with Crippen molar-refractivity contribution in [1.29, 1.82) is 0 Å². The lowest BCUT2D eigenvalue weighted by atomic mass is 10.0. The third-order valence-electron chi connectivity index (χ3n) is 4.65. The van der Waals surface area contributed by atoms with Gasteiger partial charge in [0.25, 0.3) is 10.8 Å². The molecule has 3 rings (SSSR count). The van der Waals surface area contributed by atoms with Crippen LogP contribution >= 0.6 is 0 Å². The molecular weight excluding hydrogens is 386 g/mol. The topological polar surface area (TPSA) is 109 Å². The molecule has 150 valence electrons. The zero-order chi connectivity index (χ0) is 20.3. The Balaban J connectivity index is 1.68. The van der Waals surface area contributed by atoms with Gasteiger partial charge in [-0.05, 0) is 49.1 Å². The van der Waals surface area contributed by atoms with Crippen molar-refractivity contribution in [2.24, 2.45) is 5.92 Å². The van der Waals surface area contributed by atoms with Crippen LogP contribution in [0.2, 0.25) is 0 Å². The molecule has 0 saturated carbocycles. The number of rotatable bonds is 6. The highest BCUT2D eigenvalue weighted by atomic mass is 32.2. The van der Waals surface area contributed by atoms with Crippen molar-refractivity contribution < 1.29 is 27.4 Å². The Labute approximate surface area is 162 Å². The number of sulfonamides is 1. The predicted molar refractivity (Wildman–Crippen MR) is 101 cm³/mol. The number of furan rings is 1. The number of hydrogen-bond donors (Lipinski definition) is 1. The molecule has 1 aromatic carbocycles. The fourth-order valence-electron chi connectivity index (χ4n) is 2.92. The second-order valence-corrected chi connectivity index (χ2v) is 8.58. The maximum Gasteiger partial charge on any atom is 0.480 e. The predicted octanol–water partition coefficient (Wildman–Crippen LogP) is 2.92. The highest BCUT2D eigenvalue weighted by Gasteiger charge is 2.28. The second kappa shape index (κ2) is 8.11. The summed E-state index contributed by atoms with van der Waals surface area (Å²) in [6.45, 7) is 3.15. The van der Waals surface area contributed by atoms with Gasteiger partial charge in [0, 0.05) is 18.8 Å². The first-order valence-electron chi connectivity index (χ1n) is 8.84. The lowest BCUT2D eigenvalue weighted by Gasteiger charge is -2.29. The van der Waals surface area contributed by atoms with Crippen LogP contribution in [0.25, 0.3) is 0 Å². The highest BCUT2D eigenvalue weighted by molar-refractivity contribution is 7.89. The van der Waals surface area contributed by atoms with Gasteiger partial charge < -0.3 is 9.73 Å². The molecule has 1 aliphatic heterocycles. The minimum atomic E-state index is -3.54. The number of benzene rings is 1. The minimum absolute atomic E-state index is 0.0768. The van der Waals surface area contributed by atoms with Crippen molar-refractivity contribution in [3.8, 4) is 0 Å². The average molecular weight is 408 g/mol. The van der Waals surface area contributed by atoms with Gasteiger partial charge in [0.1, 0.15) is 0 Å². The summed E-state index contributed by atoms with van der Waals surface area (Å²) >= 11 is 0. The van der Waals surface area contributed by atoms with Crippen molar-refractivity contribution in [3.05, 3.63) is 47.1 Å². The molecule has 1 amide bonds. The summed E-state index contributed by atoms with van der Waals surface area (Å²) in [7, 11) is -2.37. The molecule has 0 aliphatic carbocycles. The van der Waals surface area contributed by atoms with E-state index < -0.39 is 15.9 Å². The number of anilines is 1. The zero-order valence-corrected chi connectivity index (χ0v) is 16.4. The normalized spacial score (nSPS) is 15.9. The van der Waals surface area contributed by atoms with Crippen LogP contribution < -0.4 is 5.32 Å². The van der Waals surface area contributed by atoms with Crippen molar-refractivity contribution in [1.82, 2.24) is 4.31 Å². The van der Waals surface area contributed by atoms with Gasteiger partial charge in [-0.2, -0.15) is 4.31 Å². The van der Waals surface area contributed by atoms with Crippen LogP contribution in [0.15, 0.2) is 45.7 Å². The molecule has 0 atom stereocenters. The van der Waals surface area contributed by atoms with Crippen LogP contribution in [0.4, 0.5) is 11.6 Å². The van der Waals surface area contributed by atoms with Gasteiger partial charge in [0.05, 0.1) is 15.9 Å². The van der Waals surface area contributed by atoms with Gasteiger partial charge in [0.15, 0.2) is 12.9 Å². The van der Waals surface area contributed by atoms with Crippen molar-refractivity contribution in [2.75, 3.05) is 25.5 Å². The van der Waals surface area contributed by atoms with Crippen LogP contribution in [0.1, 0.15) is 30.3 Å². The number of hydrogen-bond acceptors (Lipinski definition) is 6. The van der Waals surface area contributed by atoms with E-state index in [0.29, 0.717) is 24.7 Å². The monoisotopic (exact) mass is 408 g/mol. The molecule has 2 heterocycles. The Morgan fingerprint density at radius 1 is 1.18 bits per heavy atom. The van der Waals surface area contributed by atoms with E-state index in [1.54, 1.807) is 0 Å². The summed E-state index contributed by atoms with van der Waals surface area (Å²) in [5.74, 6) is -0.280. The van der Waals surface area contributed by atoms with E-state index in [9.17, 15) is 18.1 Å². The van der Waals surface area contributed by atoms with Crippen LogP contribution in [0.5, 0.6) is 0 Å². The number of nitrogens with zero attached hydrogens (tertiary/aromatic N) is 2. The average Bonchev–Trinajstić information content (AvgIpc) is 3.18. The van der Waals surface area contributed by atoms with Gasteiger partial charge in [-0.3, -0.25) is 4.79 Å². The Morgan fingerprint density at radius 2 is 1.82 bits per heavy atom. The summed E-state index contributed by atoms with van der Waals surface area (Å²) < 4.78 is 32.0. The summed E-state index contributed by atoms with van der Waals surface area (Å²) in [5.41, 5.74) is 0.403. The molecule has 0 radical (unpaired) electrons. The van der Waals surface area contributed by atoms with E-state index >= 15 is 0 Å². The van der Waals surface area contributed by atoms with E-state index in [2.05, 4.69) is 17.1 Å². The molecule has 10 heteroatoms. The Bertz CT molecular complexity index is 959. The fraction of sp³-hybridized carbons (Fsp3) is 0.389. The largest absolute Gasteiger partial charge is 0.480 e. The minimum Gasteiger partial charge on any atom is -0.393 e. The Kier molecular flexibility index (Phi) is 5.80. The van der Waals surface area contributed by atoms with Gasteiger partial charge >= 0.3 is 5.88 Å². The quantitative estimate of drug-likeness (QED) is 0.736. The molecule has 9 nitrogen and oxygen atoms in total. The lowest BCUT2D eigenvalue weighted by Crippen LogP contribution is -2.37. The van der Waals surface area contributed by atoms with E-state index in [1.165, 1.54) is 47.8 Å². The number of nitrogens with one attached hydrogen (secondary N) is 1. The SMILES string of the molecule is CO[N+](=O)c1ccc(C(=O)Nc2ccc(S(=O)(=O)N3CCC(C)CC3)cc2)o1. The van der Waals surface area contributed by atoms with Crippen molar-refractivity contribution in [3.63, 3.8) is 0 Å². The third-order valence-corrected chi connectivity index (χ3v) is 6.57. The maximum atomic E-state index is 12.7. The number of piperidine rings is 1. The Morgan fingerprint density at radius 3 is 2.43 bits per heavy atom. The number of amides is 1. The number of carbonyl (C=O) groups excluding carboxylic acids is 1. The smallest absolute Gasteiger partial charge is 0.393 e. The van der Waals surface area contributed by atoms with Crippen molar-refractivity contribution in [2.45, 2.75) is 24.7 Å². The molecular formula is C18H22N3O6S+. The molecule has 1 aliphatic rings. The molecule has 0 unspecified atom stereocenters. The molecule has 28 heavy (non-hydrogen) atoms. The van der Waals surface area contributed by atoms with Crippen LogP contribution in [0.3, 0.4) is 0 Å². The maximum absolute atomic E-state index is 12.7. The summed E-state index contributed by atoms with van der Waals surface area (Å²) in [5, 5.41) is 2.59. The third kappa shape index (κ3) is 4.23. The van der Waals surface area contributed by atoms with E-state index in [-0.39, 0.29) is 21.5 Å². The van der Waals surface area contributed by atoms with E-state index in [4.69, 9.17) is 4.42 Å². The standard InChI is InChI=1S/C18H21N3O6S/c1-13-9-11-20(12-10-13)28(24,25)15-5-3-14(4-6-15)19-18(22)16-7-8-17(27-16)21(23)26-2/h3-8,13H,9-12H2,1-2H3/p+1. The van der Waals surface area contributed by atoms with Crippen LogP contribution in [-0.4, -0.2) is 43.8 Å². The van der Waals surface area contributed by atoms with Gasteiger partial charge in [0.2, 0.25) is 10.0 Å². The van der Waals surface area contributed by atoms with Crippen molar-refractivity contribution >= 4 is 27.5 Å². The molecule has 2 aromatic rings. The van der Waals surface area contributed by atoms with E-state index in [0.717, 1.165) is 12.8 Å². The lowest BCUT2D eigenvalue weighted by molar-refractivity contribution is -0.744. The first-order chi connectivity index (χ1) is 13.3. The van der Waals surface area contributed by atoms with Gasteiger partial charge in [-0.25, -0.2) is 13.3 Å². The summed E-state index contributed by atoms with van der Waals surface area (Å²) in [6, 6.07) is 8.58. The van der Waals surface area contributed by atoms with E-state index in [1.807, 2.05) is 0 Å². The van der Waals surface area contributed by atoms with Crippen LogP contribution in [0, 0.1) is 10.8 Å². The first-order valence-corrected chi connectivity index (χ1v) is 10.3. The highest BCUT2D eigenvalue weighted by Crippen LogP contribution is 2.24. The fourth-order valence-corrected chi connectivity index (χ4v) is 4.38. The first kappa shape index (κ1) is 20.0. The summed E-state index contributed by atoms with van der Waals surface area (Å²) in [6.07, 6.45) is 1.70. The molecule has 0 bridgehead atoms. The number of carbonyl (C=O) groups is 1. The Hall–Kier alpha value is -2.72. The molecule has 1 N–H and O–H groups in total. The molecule has 1 aromatic heterocycles. The van der Waals surface area contributed by atoms with Gasteiger partial charge in [-0.15, -0.1) is 0 Å². The van der Waals surface area contributed by atoms with Crippen LogP contribution in [-0.2, 0) is 14.9 Å². The molecule has 1 saturated heterocycles. The second-order valence-electron chi connectivity index (χ2n) is 6.64. The zero-order valence-electron chi connectivity index (χ0n) is 15.6.